The number of ether oxygens (including phenoxy) is 1. The number of carbonyl (C=O) groups excluding carboxylic acids is 1. The molecule has 0 radical (unpaired) electrons. The van der Waals surface area contributed by atoms with Crippen LogP contribution in [0.2, 0.25) is 0 Å². The van der Waals surface area contributed by atoms with Crippen LogP contribution in [0.1, 0.15) is 31.9 Å². The Hall–Kier alpha value is -3.21. The number of fused-ring (bicyclic) bond motifs is 1. The van der Waals surface area contributed by atoms with Gasteiger partial charge in [-0.2, -0.15) is 0 Å². The summed E-state index contributed by atoms with van der Waals surface area (Å²) in [6, 6.07) is 11.8. The van der Waals surface area contributed by atoms with Gasteiger partial charge in [0, 0.05) is 22.8 Å². The highest BCUT2D eigenvalue weighted by atomic mass is 32.2. The molecule has 3 N–H and O–H groups in total. The lowest BCUT2D eigenvalue weighted by atomic mass is 10.00. The molecule has 1 amide bonds. The zero-order valence-corrected chi connectivity index (χ0v) is 20.5. The fourth-order valence-corrected chi connectivity index (χ4v) is 6.72. The second-order valence-corrected chi connectivity index (χ2v) is 10.7. The zero-order chi connectivity index (χ0) is 24.2. The van der Waals surface area contributed by atoms with Gasteiger partial charge in [0.05, 0.1) is 12.8 Å². The number of methoxy groups -OCH3 is 1. The van der Waals surface area contributed by atoms with Gasteiger partial charge in [-0.15, -0.1) is 0 Å². The first kappa shape index (κ1) is 23.9. The lowest BCUT2D eigenvalue weighted by Gasteiger charge is -2.27. The summed E-state index contributed by atoms with van der Waals surface area (Å²) in [5, 5.41) is 3.37. The smallest absolute Gasteiger partial charge is 0.413 e. The Morgan fingerprint density at radius 2 is 2.12 bits per heavy atom. The number of nitrogens with zero attached hydrogens (tertiary/aromatic N) is 3. The standard InChI is InChI=1S/C24H25N5O3S2/c1-14(13-27-23(26-2)29-24(30)32-3)18-12-17(15-8-5-4-6-9-15)19-20(25)22(33-21(19)28-18)34(31)16-10-7-11-16/h4-6,8-9,12-13,16H,2,7,10-11,25H2,1,3H3,(H,27,29,30)/b14-13+. The Balaban J connectivity index is 1.82. The second-order valence-electron chi connectivity index (χ2n) is 7.79. The largest absolute Gasteiger partial charge is 0.611 e. The van der Waals surface area contributed by atoms with E-state index in [1.807, 2.05) is 43.3 Å². The van der Waals surface area contributed by atoms with E-state index in [4.69, 9.17) is 10.7 Å². The molecule has 4 rings (SSSR count). The van der Waals surface area contributed by atoms with Crippen LogP contribution in [0.15, 0.2) is 56.8 Å². The minimum absolute atomic E-state index is 0.00844. The number of pyridine rings is 1. The molecular weight excluding hydrogens is 470 g/mol. The number of rotatable bonds is 5. The van der Waals surface area contributed by atoms with Crippen molar-refractivity contribution in [2.24, 2.45) is 9.98 Å². The number of aromatic nitrogens is 1. The number of guanidine groups is 1. The maximum Gasteiger partial charge on any atom is 0.413 e. The molecule has 0 spiro atoms. The van der Waals surface area contributed by atoms with Crippen molar-refractivity contribution in [3.05, 3.63) is 48.3 Å². The van der Waals surface area contributed by atoms with Crippen molar-refractivity contribution in [1.29, 1.82) is 0 Å². The van der Waals surface area contributed by atoms with E-state index < -0.39 is 17.3 Å². The first-order valence-electron chi connectivity index (χ1n) is 10.7. The topological polar surface area (TPSA) is 125 Å². The van der Waals surface area contributed by atoms with Gasteiger partial charge in [-0.3, -0.25) is 5.32 Å². The summed E-state index contributed by atoms with van der Waals surface area (Å²) < 4.78 is 18.4. The van der Waals surface area contributed by atoms with Gasteiger partial charge in [-0.05, 0) is 55.7 Å². The molecule has 10 heteroatoms. The molecule has 2 heterocycles. The van der Waals surface area contributed by atoms with Crippen LogP contribution in [0.5, 0.6) is 0 Å². The molecule has 1 saturated carbocycles. The predicted octanol–water partition coefficient (Wildman–Crippen LogP) is 4.98. The molecule has 8 nitrogen and oxygen atoms in total. The van der Waals surface area contributed by atoms with Gasteiger partial charge in [-0.25, -0.2) is 19.8 Å². The fraction of sp³-hybridized carbons (Fsp3) is 0.250. The molecule has 0 aliphatic heterocycles. The summed E-state index contributed by atoms with van der Waals surface area (Å²) in [6.45, 7) is 5.27. The molecule has 1 aromatic carbocycles. The van der Waals surface area contributed by atoms with E-state index in [-0.39, 0.29) is 11.2 Å². The molecule has 1 atom stereocenters. The number of thiophene rings is 1. The Bertz CT molecular complexity index is 1280. The van der Waals surface area contributed by atoms with Crippen LogP contribution in [-0.2, 0) is 15.9 Å². The van der Waals surface area contributed by atoms with E-state index in [2.05, 4.69) is 26.8 Å². The van der Waals surface area contributed by atoms with Crippen molar-refractivity contribution in [3.8, 4) is 11.1 Å². The van der Waals surface area contributed by atoms with Gasteiger partial charge in [0.15, 0.2) is 0 Å². The highest BCUT2D eigenvalue weighted by Crippen LogP contribution is 2.45. The number of amides is 1. The summed E-state index contributed by atoms with van der Waals surface area (Å²) >= 11 is 0.249. The number of hydrogen-bond acceptors (Lipinski definition) is 7. The third-order valence-electron chi connectivity index (χ3n) is 5.62. The lowest BCUT2D eigenvalue weighted by molar-refractivity contribution is 0.176. The van der Waals surface area contributed by atoms with E-state index in [1.165, 1.54) is 18.4 Å². The van der Waals surface area contributed by atoms with E-state index >= 15 is 0 Å². The van der Waals surface area contributed by atoms with Crippen LogP contribution in [-0.4, -0.2) is 40.7 Å². The van der Waals surface area contributed by atoms with Crippen molar-refractivity contribution >= 4 is 62.8 Å². The molecule has 176 valence electrons. The molecule has 1 aliphatic rings. The first-order valence-corrected chi connectivity index (χ1v) is 12.7. The van der Waals surface area contributed by atoms with Crippen LogP contribution in [0.4, 0.5) is 10.5 Å². The molecule has 2 aromatic heterocycles. The molecule has 0 saturated heterocycles. The maximum absolute atomic E-state index is 13.1. The SMILES string of the molecule is C=N/C(=N\C=C(/C)c1cc(-c2ccccc2)c2c(N)c([S+]([O-])C3CCC3)sc2n1)NC(=O)OC. The Labute approximate surface area is 204 Å². The van der Waals surface area contributed by atoms with Crippen LogP contribution < -0.4 is 11.1 Å². The number of nitrogen functional groups attached to an aromatic ring is 1. The zero-order valence-electron chi connectivity index (χ0n) is 18.9. The summed E-state index contributed by atoms with van der Waals surface area (Å²) in [4.78, 5) is 24.9. The molecule has 3 aromatic rings. The van der Waals surface area contributed by atoms with Gasteiger partial charge in [-0.1, -0.05) is 41.7 Å². The minimum Gasteiger partial charge on any atom is -0.611 e. The molecular formula is C24H25N5O3S2. The third-order valence-corrected chi connectivity index (χ3v) is 8.92. The minimum atomic E-state index is -1.14. The van der Waals surface area contributed by atoms with Gasteiger partial charge in [0.25, 0.3) is 0 Å². The van der Waals surface area contributed by atoms with Crippen molar-refractivity contribution in [1.82, 2.24) is 10.3 Å². The summed E-state index contributed by atoms with van der Waals surface area (Å²) in [6.07, 6.45) is 3.89. The third kappa shape index (κ3) is 4.84. The van der Waals surface area contributed by atoms with E-state index in [9.17, 15) is 9.35 Å². The van der Waals surface area contributed by atoms with Crippen molar-refractivity contribution in [2.75, 3.05) is 12.8 Å². The van der Waals surface area contributed by atoms with Crippen molar-refractivity contribution < 1.29 is 14.1 Å². The monoisotopic (exact) mass is 495 g/mol. The first-order chi connectivity index (χ1) is 16.4. The molecule has 1 aliphatic carbocycles. The second kappa shape index (κ2) is 10.4. The van der Waals surface area contributed by atoms with Crippen LogP contribution in [0, 0.1) is 0 Å². The number of carbonyl (C=O) groups is 1. The molecule has 1 fully saturated rings. The quantitative estimate of drug-likeness (QED) is 0.293. The highest BCUT2D eigenvalue weighted by Gasteiger charge is 2.35. The summed E-state index contributed by atoms with van der Waals surface area (Å²) in [7, 11) is 1.25. The number of benzene rings is 1. The molecule has 34 heavy (non-hydrogen) atoms. The number of aliphatic imine (C=N–C) groups is 2. The molecule has 1 unspecified atom stereocenters. The van der Waals surface area contributed by atoms with Gasteiger partial charge in [0.2, 0.25) is 10.2 Å². The molecule has 0 bridgehead atoms. The number of hydrogen-bond donors (Lipinski definition) is 2. The average Bonchev–Trinajstić information content (AvgIpc) is 3.16. The van der Waals surface area contributed by atoms with Crippen LogP contribution in [0.25, 0.3) is 26.9 Å². The van der Waals surface area contributed by atoms with Gasteiger partial charge in [0.1, 0.15) is 15.8 Å². The van der Waals surface area contributed by atoms with Crippen molar-refractivity contribution in [3.63, 3.8) is 0 Å². The maximum atomic E-state index is 13.1. The lowest BCUT2D eigenvalue weighted by Crippen LogP contribution is -2.28. The number of alkyl carbamates (subject to hydrolysis) is 1. The van der Waals surface area contributed by atoms with Crippen LogP contribution >= 0.6 is 11.3 Å². The summed E-state index contributed by atoms with van der Waals surface area (Å²) in [5.41, 5.74) is 10.4. The number of allylic oxidation sites excluding steroid dienone is 1. The Morgan fingerprint density at radius 1 is 1.38 bits per heavy atom. The Kier molecular flexibility index (Phi) is 7.30. The van der Waals surface area contributed by atoms with Gasteiger partial charge < -0.3 is 15.0 Å². The average molecular weight is 496 g/mol. The van der Waals surface area contributed by atoms with Crippen LogP contribution in [0.3, 0.4) is 0 Å². The van der Waals surface area contributed by atoms with E-state index in [1.54, 1.807) is 6.20 Å². The number of nitrogens with one attached hydrogen (secondary N) is 1. The van der Waals surface area contributed by atoms with E-state index in [0.717, 1.165) is 46.2 Å². The number of anilines is 1. The Morgan fingerprint density at radius 3 is 2.74 bits per heavy atom. The highest BCUT2D eigenvalue weighted by molar-refractivity contribution is 7.94. The fourth-order valence-electron chi connectivity index (χ4n) is 3.51. The van der Waals surface area contributed by atoms with E-state index in [0.29, 0.717) is 15.6 Å². The summed E-state index contributed by atoms with van der Waals surface area (Å²) in [5.74, 6) is 0.00844. The van der Waals surface area contributed by atoms with Crippen molar-refractivity contribution in [2.45, 2.75) is 35.6 Å². The predicted molar refractivity (Wildman–Crippen MR) is 140 cm³/mol. The normalized spacial score (nSPS) is 15.6. The van der Waals surface area contributed by atoms with Gasteiger partial charge >= 0.3 is 6.09 Å². The number of nitrogens with two attached hydrogens (primary N) is 1.